The molecule has 0 saturated carbocycles. The molecule has 0 spiro atoms. The summed E-state index contributed by atoms with van der Waals surface area (Å²) in [5.74, 6) is -0.717. The molecule has 0 unspecified atom stereocenters. The van der Waals surface area contributed by atoms with Gasteiger partial charge in [-0.2, -0.15) is 0 Å². The number of nitro groups is 2. The summed E-state index contributed by atoms with van der Waals surface area (Å²) in [5.41, 5.74) is 11.5. The maximum Gasteiger partial charge on any atom is 0.277 e. The van der Waals surface area contributed by atoms with Crippen LogP contribution in [0.15, 0.2) is 179 Å². The van der Waals surface area contributed by atoms with Crippen molar-refractivity contribution in [3.8, 4) is 34.5 Å². The highest BCUT2D eigenvalue weighted by atomic mass is 35.5. The van der Waals surface area contributed by atoms with Gasteiger partial charge in [0.05, 0.1) is 67.5 Å². The summed E-state index contributed by atoms with van der Waals surface area (Å²) >= 11 is 12.5. The fourth-order valence-electron chi connectivity index (χ4n) is 19.6. The first kappa shape index (κ1) is 92.8. The Morgan fingerprint density at radius 2 is 0.902 bits per heavy atom. The third kappa shape index (κ3) is 21.6. The van der Waals surface area contributed by atoms with E-state index in [1.807, 2.05) is 36.4 Å². The lowest BCUT2D eigenvalue weighted by atomic mass is 9.72. The molecule has 4 saturated heterocycles. The molecule has 18 rings (SSSR count). The van der Waals surface area contributed by atoms with E-state index >= 15 is 0 Å². The fourth-order valence-corrected chi connectivity index (χ4v) is 21.9. The quantitative estimate of drug-likeness (QED) is 0.0322. The standard InChI is InChI=1S/2C49H57ClN8O7S/c2*1-32-28-56(16-15-54(32)4)29-33-21-42-44(58(60)61)24-40(25-45(42)64-31-33)66(62,63)53-48(59)41-10-9-38(23-46(41)65-39-22-35-12-14-51-47(35)52-27-39)57-19-17-55(18-20-57)30-36-11-13-49(2,3)26-43(36)34-5-7-37(50)8-6-34/h2*5-10,12,14,22-25,27,32-33H,11,13,15-21,26,28-31H2,1-4H3,(H,51,52)(H,53,59)/t32-,33+;32-,33-/m10/s1. The van der Waals surface area contributed by atoms with Gasteiger partial charge in [-0.15, -0.1) is 0 Å². The number of halogens is 2. The van der Waals surface area contributed by atoms with Crippen LogP contribution in [0.4, 0.5) is 22.7 Å². The van der Waals surface area contributed by atoms with E-state index in [2.05, 4.69) is 148 Å². The second-order valence-corrected chi connectivity index (χ2v) is 42.5. The normalized spacial score (nSPS) is 20.8. The summed E-state index contributed by atoms with van der Waals surface area (Å²) in [5, 5.41) is 27.9. The van der Waals surface area contributed by atoms with Crippen LogP contribution in [-0.4, -0.2) is 245 Å². The van der Waals surface area contributed by atoms with Gasteiger partial charge in [-0.25, -0.2) is 36.2 Å². The Morgan fingerprint density at radius 3 is 1.28 bits per heavy atom. The number of ether oxygens (including phenoxy) is 4. The molecule has 0 bridgehead atoms. The Bertz CT molecular complexity index is 5950. The fraction of sp³-hybridized carbons (Fsp3) is 0.429. The number of allylic oxidation sites excluding steroid dienone is 2. The number of piperazine rings is 4. The number of carbonyl (C=O) groups excluding carboxylic acids is 2. The number of benzene rings is 6. The summed E-state index contributed by atoms with van der Waals surface area (Å²) in [4.78, 5) is 84.8. The highest BCUT2D eigenvalue weighted by Crippen LogP contribution is 2.48. The van der Waals surface area contributed by atoms with Crippen LogP contribution in [0.5, 0.6) is 34.5 Å². The average molecular weight is 1880 g/mol. The number of H-pyrrole nitrogens is 2. The van der Waals surface area contributed by atoms with E-state index in [4.69, 9.17) is 42.1 Å². The molecule has 10 heterocycles. The van der Waals surface area contributed by atoms with Crippen molar-refractivity contribution in [1.29, 1.82) is 0 Å². The average Bonchev–Trinajstić information content (AvgIpc) is 0.822. The molecule has 4 N–H and O–H groups in total. The zero-order valence-electron chi connectivity index (χ0n) is 75.8. The van der Waals surface area contributed by atoms with E-state index in [-0.39, 0.29) is 81.4 Å². The van der Waals surface area contributed by atoms with Gasteiger partial charge >= 0.3 is 0 Å². The Labute approximate surface area is 780 Å². The molecule has 8 aliphatic rings. The van der Waals surface area contributed by atoms with Crippen LogP contribution in [0.1, 0.15) is 123 Å². The molecule has 696 valence electrons. The molecular formula is C98H114Cl2N16O14S2. The van der Waals surface area contributed by atoms with Crippen LogP contribution < -0.4 is 38.2 Å². The first-order valence-corrected chi connectivity index (χ1v) is 49.1. The largest absolute Gasteiger partial charge is 0.493 e. The number of amides is 2. The number of hydrogen-bond acceptors (Lipinski definition) is 24. The molecule has 0 radical (unpaired) electrons. The Hall–Kier alpha value is -11.0. The number of aromatic amines is 2. The van der Waals surface area contributed by atoms with Crippen LogP contribution in [0.25, 0.3) is 33.2 Å². The maximum absolute atomic E-state index is 14.1. The molecule has 132 heavy (non-hydrogen) atoms. The maximum atomic E-state index is 14.1. The van der Waals surface area contributed by atoms with E-state index in [1.54, 1.807) is 60.9 Å². The number of fused-ring (bicyclic) bond motifs is 4. The zero-order valence-corrected chi connectivity index (χ0v) is 78.9. The molecule has 6 aliphatic heterocycles. The number of aromatic nitrogens is 4. The van der Waals surface area contributed by atoms with Crippen molar-refractivity contribution in [3.63, 3.8) is 0 Å². The Balaban J connectivity index is 0.000000184. The van der Waals surface area contributed by atoms with Crippen LogP contribution in [0.2, 0.25) is 10.0 Å². The molecule has 4 aromatic heterocycles. The summed E-state index contributed by atoms with van der Waals surface area (Å²) in [6, 6.07) is 39.2. The molecule has 34 heteroatoms. The van der Waals surface area contributed by atoms with Crippen molar-refractivity contribution >= 4 is 111 Å². The van der Waals surface area contributed by atoms with E-state index < -0.39 is 51.5 Å². The number of anilines is 2. The molecule has 10 aromatic rings. The van der Waals surface area contributed by atoms with E-state index in [9.17, 15) is 46.7 Å². The SMILES string of the molecule is C[C@@H]1CN(C[C@H]2COc3cc(S(=O)(=O)NC(=O)c4ccc(N5CCN(CC6=C(c7ccc(Cl)cc7)CC(C)(C)CC6)CC5)cc4Oc4cnc5[nH]ccc5c4)cc([N+](=O)[O-])c3C2)CCN1C.C[C@H]1CN(C[C@H]2COc3cc(S(=O)(=O)NC(=O)c4ccc(N5CCN(CC6=C(c7ccc(Cl)cc7)CC(C)(C)CC6)CC5)cc4Oc4cnc5[nH]ccc5c4)cc([N+](=O)[O-])c3C2)CCN1C. The summed E-state index contributed by atoms with van der Waals surface area (Å²) in [6.07, 6.45) is 13.7. The van der Waals surface area contributed by atoms with Gasteiger partial charge in [-0.1, -0.05) is 86.3 Å². The topological polar surface area (TPSA) is 333 Å². The Morgan fingerprint density at radius 1 is 0.515 bits per heavy atom. The number of sulfonamides is 2. The second kappa shape index (κ2) is 38.9. The molecule has 30 nitrogen and oxygen atoms in total. The molecule has 2 aliphatic carbocycles. The highest BCUT2D eigenvalue weighted by molar-refractivity contribution is 7.90. The van der Waals surface area contributed by atoms with E-state index in [1.165, 1.54) is 57.9 Å². The monoisotopic (exact) mass is 1870 g/mol. The highest BCUT2D eigenvalue weighted by Gasteiger charge is 2.39. The number of likely N-dealkylation sites (N-methyl/N-ethyl adjacent to an activating group) is 2. The number of nitrogens with zero attached hydrogens (tertiary/aromatic N) is 12. The minimum Gasteiger partial charge on any atom is -0.493 e. The smallest absolute Gasteiger partial charge is 0.277 e. The first-order chi connectivity index (χ1) is 63.1. The van der Waals surface area contributed by atoms with Crippen molar-refractivity contribution in [2.45, 2.75) is 115 Å². The van der Waals surface area contributed by atoms with Gasteiger partial charge in [-0.3, -0.25) is 39.6 Å². The third-order valence-corrected chi connectivity index (χ3v) is 30.7. The van der Waals surface area contributed by atoms with Crippen molar-refractivity contribution in [2.75, 3.05) is 155 Å². The van der Waals surface area contributed by atoms with Gasteiger partial charge in [-0.05, 0) is 185 Å². The third-order valence-electron chi connectivity index (χ3n) is 27.5. The van der Waals surface area contributed by atoms with E-state index in [0.717, 1.165) is 188 Å². The number of nitrogens with one attached hydrogen (secondary N) is 4. The predicted molar refractivity (Wildman–Crippen MR) is 512 cm³/mol. The van der Waals surface area contributed by atoms with Gasteiger partial charge in [0.2, 0.25) is 0 Å². The number of rotatable bonds is 24. The molecule has 4 fully saturated rings. The lowest BCUT2D eigenvalue weighted by Gasteiger charge is -2.39. The van der Waals surface area contributed by atoms with Gasteiger partial charge in [0.1, 0.15) is 45.8 Å². The zero-order chi connectivity index (χ0) is 92.7. The van der Waals surface area contributed by atoms with Crippen LogP contribution >= 0.6 is 23.2 Å². The molecule has 2 amide bonds. The first-order valence-electron chi connectivity index (χ1n) is 45.4. The van der Waals surface area contributed by atoms with E-state index in [0.29, 0.717) is 71.9 Å². The lowest BCUT2D eigenvalue weighted by molar-refractivity contribution is -0.386. The minimum absolute atomic E-state index is 0.00612. The predicted octanol–water partition coefficient (Wildman–Crippen LogP) is 16.0. The number of hydrogen-bond donors (Lipinski definition) is 4. The minimum atomic E-state index is -4.63. The Kier molecular flexibility index (Phi) is 27.3. The van der Waals surface area contributed by atoms with Crippen molar-refractivity contribution in [1.82, 2.24) is 58.8 Å². The van der Waals surface area contributed by atoms with Crippen molar-refractivity contribution in [3.05, 3.63) is 233 Å². The molecule has 6 aromatic carbocycles. The molecule has 4 atom stereocenters. The van der Waals surface area contributed by atoms with Gasteiger partial charge in [0.15, 0.2) is 0 Å². The van der Waals surface area contributed by atoms with Gasteiger partial charge < -0.3 is 58.3 Å². The van der Waals surface area contributed by atoms with Crippen LogP contribution in [0, 0.1) is 42.9 Å². The number of carbonyl (C=O) groups is 2. The van der Waals surface area contributed by atoms with Crippen LogP contribution in [0.3, 0.4) is 0 Å². The van der Waals surface area contributed by atoms with Crippen molar-refractivity contribution < 1.29 is 55.2 Å². The molecular weight excluding hydrogens is 1760 g/mol. The van der Waals surface area contributed by atoms with Crippen LogP contribution in [-0.2, 0) is 32.9 Å². The number of nitro benzene ring substituents is 2. The second-order valence-electron chi connectivity index (χ2n) is 38.3. The van der Waals surface area contributed by atoms with Gasteiger partial charge in [0, 0.05) is 223 Å². The lowest BCUT2D eigenvalue weighted by Crippen LogP contribution is -2.51. The number of pyridine rings is 2. The van der Waals surface area contributed by atoms with Gasteiger partial charge in [0.25, 0.3) is 43.2 Å². The summed E-state index contributed by atoms with van der Waals surface area (Å²) in [6.45, 7) is 29.0. The summed E-state index contributed by atoms with van der Waals surface area (Å²) in [7, 11) is -5.06. The van der Waals surface area contributed by atoms with Crippen molar-refractivity contribution in [2.24, 2.45) is 22.7 Å². The summed E-state index contributed by atoms with van der Waals surface area (Å²) < 4.78 is 85.1.